The summed E-state index contributed by atoms with van der Waals surface area (Å²) in [6.07, 6.45) is 1.65. The number of nitrogens with zero attached hydrogens (tertiary/aromatic N) is 1. The normalized spacial score (nSPS) is 17.8. The van der Waals surface area contributed by atoms with Crippen LogP contribution in [0.15, 0.2) is 42.5 Å². The Bertz CT molecular complexity index is 1040. The Balaban J connectivity index is 1.86. The second-order valence-corrected chi connectivity index (χ2v) is 10.3. The summed E-state index contributed by atoms with van der Waals surface area (Å²) in [5, 5.41) is 3.38. The van der Waals surface area contributed by atoms with Gasteiger partial charge in [0.25, 0.3) is 0 Å². The standard InChI is InChI=1S/C21H25ClN2O4S/c1-14-9-10-15(22)11-18(14)24(29(4,26)27)13-20(25)23-17-12-21(2,3)28-19-8-6-5-7-16(17)19/h5-11,17H,12-13H2,1-4H3,(H,23,25). The van der Waals surface area contributed by atoms with Gasteiger partial charge < -0.3 is 10.1 Å². The first kappa shape index (κ1) is 21.5. The molecule has 3 rings (SSSR count). The molecular formula is C21H25ClN2O4S. The van der Waals surface area contributed by atoms with E-state index in [9.17, 15) is 13.2 Å². The van der Waals surface area contributed by atoms with Gasteiger partial charge in [0.2, 0.25) is 15.9 Å². The lowest BCUT2D eigenvalue weighted by Crippen LogP contribution is -2.45. The van der Waals surface area contributed by atoms with Crippen LogP contribution >= 0.6 is 11.6 Å². The van der Waals surface area contributed by atoms with Gasteiger partial charge in [-0.1, -0.05) is 35.9 Å². The molecule has 0 radical (unpaired) electrons. The third-order valence-electron chi connectivity index (χ3n) is 4.84. The molecule has 0 fully saturated rings. The summed E-state index contributed by atoms with van der Waals surface area (Å²) in [5.74, 6) is 0.326. The van der Waals surface area contributed by atoms with E-state index in [1.54, 1.807) is 25.1 Å². The lowest BCUT2D eigenvalue weighted by atomic mass is 9.89. The first-order chi connectivity index (χ1) is 13.5. The van der Waals surface area contributed by atoms with Crippen molar-refractivity contribution in [2.24, 2.45) is 0 Å². The number of anilines is 1. The average Bonchev–Trinajstić information content (AvgIpc) is 2.60. The van der Waals surface area contributed by atoms with Crippen molar-refractivity contribution in [2.75, 3.05) is 17.1 Å². The van der Waals surface area contributed by atoms with Crippen LogP contribution in [0.1, 0.15) is 37.4 Å². The van der Waals surface area contributed by atoms with Crippen LogP contribution in [0.5, 0.6) is 5.75 Å². The Morgan fingerprint density at radius 2 is 1.97 bits per heavy atom. The van der Waals surface area contributed by atoms with Crippen LogP contribution in [0.3, 0.4) is 0 Å². The second kappa shape index (κ2) is 7.88. The SMILES string of the molecule is Cc1ccc(Cl)cc1N(CC(=O)NC1CC(C)(C)Oc2ccccc21)S(C)(=O)=O. The molecule has 29 heavy (non-hydrogen) atoms. The van der Waals surface area contributed by atoms with Gasteiger partial charge in [-0.25, -0.2) is 8.42 Å². The Morgan fingerprint density at radius 1 is 1.28 bits per heavy atom. The van der Waals surface area contributed by atoms with Gasteiger partial charge in [-0.05, 0) is 44.5 Å². The van der Waals surface area contributed by atoms with E-state index < -0.39 is 21.5 Å². The Hall–Kier alpha value is -2.25. The predicted molar refractivity (Wildman–Crippen MR) is 115 cm³/mol. The number of amides is 1. The van der Waals surface area contributed by atoms with Gasteiger partial charge in [-0.3, -0.25) is 9.10 Å². The molecule has 1 amide bonds. The maximum atomic E-state index is 12.9. The maximum Gasteiger partial charge on any atom is 0.241 e. The molecule has 156 valence electrons. The third-order valence-corrected chi connectivity index (χ3v) is 6.20. The number of fused-ring (bicyclic) bond motifs is 1. The molecule has 0 saturated carbocycles. The van der Waals surface area contributed by atoms with Crippen molar-refractivity contribution in [3.05, 3.63) is 58.6 Å². The molecule has 0 saturated heterocycles. The van der Waals surface area contributed by atoms with E-state index in [1.165, 1.54) is 0 Å². The largest absolute Gasteiger partial charge is 0.487 e. The summed E-state index contributed by atoms with van der Waals surface area (Å²) in [6, 6.07) is 12.2. The number of sulfonamides is 1. The van der Waals surface area contributed by atoms with Gasteiger partial charge in [0, 0.05) is 17.0 Å². The number of aryl methyl sites for hydroxylation is 1. The molecule has 0 aromatic heterocycles. The summed E-state index contributed by atoms with van der Waals surface area (Å²) in [4.78, 5) is 12.9. The smallest absolute Gasteiger partial charge is 0.241 e. The highest BCUT2D eigenvalue weighted by Gasteiger charge is 2.35. The van der Waals surface area contributed by atoms with Crippen LogP contribution in [0.4, 0.5) is 5.69 Å². The van der Waals surface area contributed by atoms with Crippen molar-refractivity contribution in [3.8, 4) is 5.75 Å². The van der Waals surface area contributed by atoms with E-state index >= 15 is 0 Å². The molecule has 2 aromatic rings. The van der Waals surface area contributed by atoms with Gasteiger partial charge in [-0.15, -0.1) is 0 Å². The number of rotatable bonds is 5. The number of hydrogen-bond acceptors (Lipinski definition) is 4. The van der Waals surface area contributed by atoms with Gasteiger partial charge in [0.15, 0.2) is 0 Å². The number of halogens is 1. The summed E-state index contributed by atoms with van der Waals surface area (Å²) < 4.78 is 31.9. The molecule has 0 spiro atoms. The summed E-state index contributed by atoms with van der Waals surface area (Å²) in [7, 11) is -3.69. The van der Waals surface area contributed by atoms with Crippen LogP contribution in [0, 0.1) is 6.92 Å². The topological polar surface area (TPSA) is 75.7 Å². The molecule has 2 aromatic carbocycles. The lowest BCUT2D eigenvalue weighted by molar-refractivity contribution is -0.120. The quantitative estimate of drug-likeness (QED) is 0.772. The molecule has 1 unspecified atom stereocenters. The van der Waals surface area contributed by atoms with Gasteiger partial charge in [0.05, 0.1) is 18.0 Å². The minimum atomic E-state index is -3.69. The number of carbonyl (C=O) groups excluding carboxylic acids is 1. The highest BCUT2D eigenvalue weighted by Crippen LogP contribution is 2.39. The molecule has 6 nitrogen and oxygen atoms in total. The van der Waals surface area contributed by atoms with Crippen molar-refractivity contribution in [1.29, 1.82) is 0 Å². The molecule has 1 aliphatic rings. The van der Waals surface area contributed by atoms with E-state index in [-0.39, 0.29) is 12.6 Å². The molecular weight excluding hydrogens is 412 g/mol. The second-order valence-electron chi connectivity index (χ2n) is 7.92. The molecule has 1 aliphatic heterocycles. The molecule has 0 bridgehead atoms. The van der Waals surface area contributed by atoms with Crippen LogP contribution in [-0.4, -0.2) is 32.7 Å². The van der Waals surface area contributed by atoms with Crippen LogP contribution in [0.2, 0.25) is 5.02 Å². The first-order valence-corrected chi connectivity index (χ1v) is 11.5. The molecule has 1 N–H and O–H groups in total. The van der Waals surface area contributed by atoms with E-state index in [2.05, 4.69) is 5.32 Å². The number of benzene rings is 2. The average molecular weight is 437 g/mol. The van der Waals surface area contributed by atoms with E-state index in [0.29, 0.717) is 22.7 Å². The number of carbonyl (C=O) groups is 1. The van der Waals surface area contributed by atoms with Crippen molar-refractivity contribution in [1.82, 2.24) is 5.32 Å². The summed E-state index contributed by atoms with van der Waals surface area (Å²) in [6.45, 7) is 5.36. The fraction of sp³-hybridized carbons (Fsp3) is 0.381. The van der Waals surface area contributed by atoms with Crippen molar-refractivity contribution >= 4 is 33.2 Å². The predicted octanol–water partition coefficient (Wildman–Crippen LogP) is 3.83. The Labute approximate surface area is 176 Å². The summed E-state index contributed by atoms with van der Waals surface area (Å²) in [5.41, 5.74) is 1.53. The fourth-order valence-electron chi connectivity index (χ4n) is 3.53. The maximum absolute atomic E-state index is 12.9. The minimum Gasteiger partial charge on any atom is -0.487 e. The molecule has 8 heteroatoms. The van der Waals surface area contributed by atoms with Crippen LogP contribution < -0.4 is 14.4 Å². The number of ether oxygens (including phenoxy) is 1. The highest BCUT2D eigenvalue weighted by molar-refractivity contribution is 7.92. The van der Waals surface area contributed by atoms with Crippen molar-refractivity contribution in [3.63, 3.8) is 0 Å². The Kier molecular flexibility index (Phi) is 5.83. The molecule has 1 atom stereocenters. The zero-order chi connectivity index (χ0) is 21.4. The number of hydrogen-bond donors (Lipinski definition) is 1. The number of para-hydroxylation sites is 1. The van der Waals surface area contributed by atoms with Gasteiger partial charge in [0.1, 0.15) is 17.9 Å². The zero-order valence-electron chi connectivity index (χ0n) is 16.9. The monoisotopic (exact) mass is 436 g/mol. The fourth-order valence-corrected chi connectivity index (χ4v) is 4.61. The lowest BCUT2D eigenvalue weighted by Gasteiger charge is -2.38. The number of nitrogens with one attached hydrogen (secondary N) is 1. The molecule has 0 aliphatic carbocycles. The molecule has 1 heterocycles. The van der Waals surface area contributed by atoms with Crippen LogP contribution in [0.25, 0.3) is 0 Å². The third kappa shape index (κ3) is 5.03. The summed E-state index contributed by atoms with van der Waals surface area (Å²) >= 11 is 6.05. The van der Waals surface area contributed by atoms with Gasteiger partial charge >= 0.3 is 0 Å². The van der Waals surface area contributed by atoms with E-state index in [0.717, 1.165) is 21.9 Å². The van der Waals surface area contributed by atoms with Crippen molar-refractivity contribution in [2.45, 2.75) is 38.8 Å². The Morgan fingerprint density at radius 3 is 2.66 bits per heavy atom. The first-order valence-electron chi connectivity index (χ1n) is 9.27. The van der Waals surface area contributed by atoms with E-state index in [1.807, 2.05) is 38.1 Å². The van der Waals surface area contributed by atoms with Crippen LogP contribution in [-0.2, 0) is 14.8 Å². The van der Waals surface area contributed by atoms with Crippen molar-refractivity contribution < 1.29 is 17.9 Å². The highest BCUT2D eigenvalue weighted by atomic mass is 35.5. The minimum absolute atomic E-state index is 0.274. The van der Waals surface area contributed by atoms with E-state index in [4.69, 9.17) is 16.3 Å². The zero-order valence-corrected chi connectivity index (χ0v) is 18.5. The van der Waals surface area contributed by atoms with Gasteiger partial charge in [-0.2, -0.15) is 0 Å².